The lowest BCUT2D eigenvalue weighted by molar-refractivity contribution is -0.123. The van der Waals surface area contributed by atoms with Crippen LogP contribution >= 0.6 is 0 Å². The van der Waals surface area contributed by atoms with E-state index in [1.54, 1.807) is 0 Å². The minimum Gasteiger partial charge on any atom is -0.457 e. The first-order valence-corrected chi connectivity index (χ1v) is 13.1. The molecule has 7 heteroatoms. The van der Waals surface area contributed by atoms with E-state index < -0.39 is 6.04 Å². The lowest BCUT2D eigenvalue weighted by Gasteiger charge is -2.27. The first-order chi connectivity index (χ1) is 17.4. The summed E-state index contributed by atoms with van der Waals surface area (Å²) in [6, 6.07) is 17.2. The number of nitrogens with one attached hydrogen (secondary N) is 2. The van der Waals surface area contributed by atoms with Gasteiger partial charge in [0.25, 0.3) is 5.56 Å². The zero-order valence-corrected chi connectivity index (χ0v) is 21.6. The first-order valence-electron chi connectivity index (χ1n) is 13.1. The van der Waals surface area contributed by atoms with Gasteiger partial charge in [0.2, 0.25) is 5.91 Å². The normalized spacial score (nSPS) is 15.2. The standard InChI is InChI=1S/C29H38N4O3/c1-21(2)31-28(34)22(3)30-20-24-18-23-12-13-26(36-25-10-6-4-7-11-25)19-27(23)33(29(24)35)17-16-32-14-8-5-9-15-32/h4,6-7,10-13,18-19,21-22,30H,5,8-9,14-17,20H2,1-3H3,(H,31,34)/t22-/m0/s1. The van der Waals surface area contributed by atoms with Crippen LogP contribution < -0.4 is 20.9 Å². The maximum atomic E-state index is 13.6. The van der Waals surface area contributed by atoms with E-state index >= 15 is 0 Å². The highest BCUT2D eigenvalue weighted by Crippen LogP contribution is 2.26. The predicted molar refractivity (Wildman–Crippen MR) is 145 cm³/mol. The van der Waals surface area contributed by atoms with E-state index in [0.717, 1.165) is 36.3 Å². The number of carbonyl (C=O) groups is 1. The van der Waals surface area contributed by atoms with E-state index in [9.17, 15) is 9.59 Å². The highest BCUT2D eigenvalue weighted by molar-refractivity contribution is 5.82. The summed E-state index contributed by atoms with van der Waals surface area (Å²) in [5, 5.41) is 7.12. The molecule has 1 aliphatic rings. The number of carbonyl (C=O) groups excluding carboxylic acids is 1. The monoisotopic (exact) mass is 490 g/mol. The molecule has 0 bridgehead atoms. The Balaban J connectivity index is 1.61. The Kier molecular flexibility index (Phi) is 8.78. The number of benzene rings is 2. The number of hydrogen-bond acceptors (Lipinski definition) is 5. The zero-order chi connectivity index (χ0) is 25.5. The third-order valence-electron chi connectivity index (χ3n) is 6.63. The molecule has 1 saturated heterocycles. The van der Waals surface area contributed by atoms with Gasteiger partial charge in [-0.1, -0.05) is 24.6 Å². The van der Waals surface area contributed by atoms with Gasteiger partial charge in [-0.2, -0.15) is 0 Å². The van der Waals surface area contributed by atoms with Crippen LogP contribution in [0.1, 0.15) is 45.6 Å². The molecule has 0 saturated carbocycles. The third kappa shape index (κ3) is 6.74. The smallest absolute Gasteiger partial charge is 0.255 e. The van der Waals surface area contributed by atoms with E-state index in [0.29, 0.717) is 24.4 Å². The molecular formula is C29H38N4O3. The first kappa shape index (κ1) is 25.9. The van der Waals surface area contributed by atoms with Crippen LogP contribution in [-0.4, -0.2) is 47.1 Å². The second-order valence-corrected chi connectivity index (χ2v) is 9.93. The summed E-state index contributed by atoms with van der Waals surface area (Å²) in [5.41, 5.74) is 1.49. The number of piperidine rings is 1. The number of para-hydroxylation sites is 1. The molecule has 2 N–H and O–H groups in total. The van der Waals surface area contributed by atoms with E-state index in [2.05, 4.69) is 15.5 Å². The highest BCUT2D eigenvalue weighted by atomic mass is 16.5. The van der Waals surface area contributed by atoms with E-state index in [1.165, 1.54) is 19.3 Å². The molecule has 36 heavy (non-hydrogen) atoms. The van der Waals surface area contributed by atoms with Crippen LogP contribution in [0.3, 0.4) is 0 Å². The Bertz CT molecular complexity index is 1220. The largest absolute Gasteiger partial charge is 0.457 e. The molecule has 7 nitrogen and oxygen atoms in total. The minimum atomic E-state index is -0.397. The van der Waals surface area contributed by atoms with Gasteiger partial charge in [0, 0.05) is 37.3 Å². The van der Waals surface area contributed by atoms with Crippen LogP contribution in [-0.2, 0) is 17.9 Å². The molecule has 192 valence electrons. The quantitative estimate of drug-likeness (QED) is 0.444. The second kappa shape index (κ2) is 12.2. The van der Waals surface area contributed by atoms with Gasteiger partial charge < -0.3 is 24.8 Å². The Labute approximate surface area is 213 Å². The number of rotatable bonds is 10. The van der Waals surface area contributed by atoms with Gasteiger partial charge in [-0.15, -0.1) is 0 Å². The van der Waals surface area contributed by atoms with Gasteiger partial charge in [0.05, 0.1) is 11.6 Å². The molecule has 1 atom stereocenters. The summed E-state index contributed by atoms with van der Waals surface area (Å²) >= 11 is 0. The number of pyridine rings is 1. The van der Waals surface area contributed by atoms with Gasteiger partial charge in [-0.3, -0.25) is 9.59 Å². The van der Waals surface area contributed by atoms with Crippen molar-refractivity contribution in [1.29, 1.82) is 0 Å². The maximum absolute atomic E-state index is 13.6. The Morgan fingerprint density at radius 3 is 2.42 bits per heavy atom. The van der Waals surface area contributed by atoms with Crippen molar-refractivity contribution in [2.45, 2.75) is 65.2 Å². The summed E-state index contributed by atoms with van der Waals surface area (Å²) in [6.07, 6.45) is 3.71. The topological polar surface area (TPSA) is 75.6 Å². The number of aromatic nitrogens is 1. The van der Waals surface area contributed by atoms with Gasteiger partial charge >= 0.3 is 0 Å². The Hall–Kier alpha value is -3.16. The van der Waals surface area contributed by atoms with Crippen molar-refractivity contribution in [2.24, 2.45) is 0 Å². The van der Waals surface area contributed by atoms with Crippen molar-refractivity contribution < 1.29 is 9.53 Å². The van der Waals surface area contributed by atoms with Crippen molar-refractivity contribution in [3.63, 3.8) is 0 Å². The molecular weight excluding hydrogens is 452 g/mol. The number of nitrogens with zero attached hydrogens (tertiary/aromatic N) is 2. The molecule has 0 spiro atoms. The lowest BCUT2D eigenvalue weighted by atomic mass is 10.1. The number of amides is 1. The fourth-order valence-electron chi connectivity index (χ4n) is 4.64. The highest BCUT2D eigenvalue weighted by Gasteiger charge is 2.17. The Morgan fingerprint density at radius 1 is 0.944 bits per heavy atom. The minimum absolute atomic E-state index is 0.0275. The molecule has 1 amide bonds. The third-order valence-corrected chi connectivity index (χ3v) is 6.63. The molecule has 0 radical (unpaired) electrons. The van der Waals surface area contributed by atoms with Crippen molar-refractivity contribution in [3.05, 3.63) is 70.5 Å². The molecule has 1 aromatic heterocycles. The van der Waals surface area contributed by atoms with Gasteiger partial charge in [-0.25, -0.2) is 0 Å². The maximum Gasteiger partial charge on any atom is 0.255 e. The van der Waals surface area contributed by atoms with Crippen LogP contribution in [0.2, 0.25) is 0 Å². The average molecular weight is 491 g/mol. The summed E-state index contributed by atoms with van der Waals surface area (Å²) in [7, 11) is 0. The molecule has 1 fully saturated rings. The second-order valence-electron chi connectivity index (χ2n) is 9.93. The molecule has 1 aliphatic heterocycles. The average Bonchev–Trinajstić information content (AvgIpc) is 2.88. The molecule has 2 aromatic carbocycles. The summed E-state index contributed by atoms with van der Waals surface area (Å²) in [5.74, 6) is 1.39. The predicted octanol–water partition coefficient (Wildman–Crippen LogP) is 4.28. The van der Waals surface area contributed by atoms with E-state index in [1.807, 2.05) is 79.9 Å². The molecule has 3 aromatic rings. The SMILES string of the molecule is CC(C)NC(=O)[C@H](C)NCc1cc2ccc(Oc3ccccc3)cc2n(CCN2CCCCC2)c1=O. The number of fused-ring (bicyclic) bond motifs is 1. The summed E-state index contributed by atoms with van der Waals surface area (Å²) in [4.78, 5) is 28.4. The summed E-state index contributed by atoms with van der Waals surface area (Å²) < 4.78 is 7.93. The van der Waals surface area contributed by atoms with E-state index in [-0.39, 0.29) is 17.5 Å². The molecule has 0 aliphatic carbocycles. The molecule has 4 rings (SSSR count). The fourth-order valence-corrected chi connectivity index (χ4v) is 4.64. The fraction of sp³-hybridized carbons (Fsp3) is 0.448. The number of ether oxygens (including phenoxy) is 1. The van der Waals surface area contributed by atoms with Crippen LogP contribution in [0.4, 0.5) is 0 Å². The van der Waals surface area contributed by atoms with E-state index in [4.69, 9.17) is 4.74 Å². The summed E-state index contributed by atoms with van der Waals surface area (Å²) in [6.45, 7) is 9.63. The molecule has 0 unspecified atom stereocenters. The van der Waals surface area contributed by atoms with Gasteiger partial charge in [0.15, 0.2) is 0 Å². The van der Waals surface area contributed by atoms with Crippen LogP contribution in [0.25, 0.3) is 10.9 Å². The van der Waals surface area contributed by atoms with Crippen molar-refractivity contribution >= 4 is 16.8 Å². The van der Waals surface area contributed by atoms with Gasteiger partial charge in [-0.05, 0) is 82.4 Å². The van der Waals surface area contributed by atoms with Crippen molar-refractivity contribution in [2.75, 3.05) is 19.6 Å². The number of likely N-dealkylation sites (tertiary alicyclic amines) is 1. The zero-order valence-electron chi connectivity index (χ0n) is 21.6. The van der Waals surface area contributed by atoms with Crippen LogP contribution in [0, 0.1) is 0 Å². The van der Waals surface area contributed by atoms with Gasteiger partial charge in [0.1, 0.15) is 11.5 Å². The molecule has 2 heterocycles. The van der Waals surface area contributed by atoms with Crippen LogP contribution in [0.15, 0.2) is 59.4 Å². The van der Waals surface area contributed by atoms with Crippen molar-refractivity contribution in [3.8, 4) is 11.5 Å². The van der Waals surface area contributed by atoms with Crippen LogP contribution in [0.5, 0.6) is 11.5 Å². The number of hydrogen-bond donors (Lipinski definition) is 2. The van der Waals surface area contributed by atoms with Crippen molar-refractivity contribution in [1.82, 2.24) is 20.1 Å². The Morgan fingerprint density at radius 2 is 1.69 bits per heavy atom. The lowest BCUT2D eigenvalue weighted by Crippen LogP contribution is -2.45.